The van der Waals surface area contributed by atoms with Gasteiger partial charge in [-0.3, -0.25) is 14.4 Å². The van der Waals surface area contributed by atoms with E-state index in [9.17, 15) is 19.2 Å². The van der Waals surface area contributed by atoms with Crippen LogP contribution in [-0.2, 0) is 19.1 Å². The Morgan fingerprint density at radius 3 is 2.06 bits per heavy atom. The number of ether oxygens (including phenoxy) is 1. The van der Waals surface area contributed by atoms with Gasteiger partial charge in [0.25, 0.3) is 0 Å². The van der Waals surface area contributed by atoms with Gasteiger partial charge >= 0.3 is 6.09 Å². The normalized spacial score (nSPS) is 13.8. The Balaban J connectivity index is 3.44. The van der Waals surface area contributed by atoms with E-state index in [0.717, 1.165) is 24.0 Å². The lowest BCUT2D eigenvalue weighted by Gasteiger charge is -2.34. The number of hydrogen-bond donors (Lipinski definition) is 3. The Hall–Kier alpha value is -3.10. The zero-order chi connectivity index (χ0) is 27.6. The second kappa shape index (κ2) is 13.8. The van der Waals surface area contributed by atoms with E-state index < -0.39 is 35.6 Å². The van der Waals surface area contributed by atoms with Crippen LogP contribution in [-0.4, -0.2) is 52.9 Å². The molecular formula is C27H44N4O5. The third-order valence-electron chi connectivity index (χ3n) is 5.52. The van der Waals surface area contributed by atoms with Crippen LogP contribution in [0.2, 0.25) is 0 Å². The van der Waals surface area contributed by atoms with Crippen molar-refractivity contribution in [2.75, 3.05) is 6.54 Å². The van der Waals surface area contributed by atoms with E-state index in [-0.39, 0.29) is 31.3 Å². The second-order valence-electron chi connectivity index (χ2n) is 10.3. The largest absolute Gasteiger partial charge is 0.444 e. The van der Waals surface area contributed by atoms with Gasteiger partial charge in [0.05, 0.1) is 0 Å². The molecule has 4 amide bonds. The summed E-state index contributed by atoms with van der Waals surface area (Å²) in [4.78, 5) is 52.8. The number of aryl methyl sites for hydroxylation is 2. The van der Waals surface area contributed by atoms with Gasteiger partial charge in [-0.05, 0) is 66.9 Å². The van der Waals surface area contributed by atoms with E-state index in [1.807, 2.05) is 45.9 Å². The van der Waals surface area contributed by atoms with Crippen molar-refractivity contribution in [2.45, 2.75) is 105 Å². The molecule has 0 fully saturated rings. The van der Waals surface area contributed by atoms with Gasteiger partial charge in [0.2, 0.25) is 17.7 Å². The molecule has 36 heavy (non-hydrogen) atoms. The molecule has 4 N–H and O–H groups in total. The number of nitrogens with zero attached hydrogens (tertiary/aromatic N) is 1. The first-order valence-electron chi connectivity index (χ1n) is 12.6. The minimum atomic E-state index is -1.10. The third kappa shape index (κ3) is 10.3. The van der Waals surface area contributed by atoms with Crippen LogP contribution in [0.5, 0.6) is 0 Å². The van der Waals surface area contributed by atoms with Crippen LogP contribution in [0, 0.1) is 13.8 Å². The number of nitrogens with two attached hydrogens (primary N) is 1. The van der Waals surface area contributed by atoms with E-state index >= 15 is 0 Å². The molecule has 0 radical (unpaired) electrons. The van der Waals surface area contributed by atoms with E-state index in [0.29, 0.717) is 5.56 Å². The number of carbonyl (C=O) groups excluding carboxylic acids is 4. The average molecular weight is 505 g/mol. The molecule has 0 aromatic heterocycles. The minimum Gasteiger partial charge on any atom is -0.444 e. The number of alkyl carbamates (subject to hydrolysis) is 1. The number of nitrogens with one attached hydrogen (secondary N) is 2. The molecule has 1 aromatic carbocycles. The summed E-state index contributed by atoms with van der Waals surface area (Å²) in [6.07, 6.45) is 0.786. The lowest BCUT2D eigenvalue weighted by atomic mass is 9.97. The zero-order valence-electron chi connectivity index (χ0n) is 23.1. The van der Waals surface area contributed by atoms with Crippen molar-refractivity contribution in [3.63, 3.8) is 0 Å². The first-order chi connectivity index (χ1) is 16.7. The summed E-state index contributed by atoms with van der Waals surface area (Å²) in [6.45, 7) is 14.9. The van der Waals surface area contributed by atoms with Gasteiger partial charge < -0.3 is 26.0 Å². The summed E-state index contributed by atoms with van der Waals surface area (Å²) >= 11 is 0. The highest BCUT2D eigenvalue weighted by Crippen LogP contribution is 2.25. The monoisotopic (exact) mass is 504 g/mol. The number of hydrogen-bond acceptors (Lipinski definition) is 5. The van der Waals surface area contributed by atoms with Gasteiger partial charge in [0.15, 0.2) is 0 Å². The van der Waals surface area contributed by atoms with E-state index in [2.05, 4.69) is 10.6 Å². The molecule has 202 valence electrons. The molecule has 0 aliphatic rings. The number of likely N-dealkylation sites (N-methyl/N-ethyl adjacent to an activating group) is 1. The van der Waals surface area contributed by atoms with Crippen molar-refractivity contribution in [1.82, 2.24) is 15.5 Å². The van der Waals surface area contributed by atoms with Crippen molar-refractivity contribution >= 4 is 23.8 Å². The van der Waals surface area contributed by atoms with Crippen molar-refractivity contribution in [1.29, 1.82) is 0 Å². The van der Waals surface area contributed by atoms with Crippen molar-refractivity contribution in [2.24, 2.45) is 5.73 Å². The third-order valence-corrected chi connectivity index (χ3v) is 5.52. The SMILES string of the molecule is CCCC(C)NC(=O)C(c1cc(C)cc(C)c1)N(CC)C(=O)C(CCC(N)=O)NC(=O)OC(C)(C)C. The van der Waals surface area contributed by atoms with Gasteiger partial charge in [-0.25, -0.2) is 4.79 Å². The van der Waals surface area contributed by atoms with Gasteiger partial charge in [-0.1, -0.05) is 42.7 Å². The van der Waals surface area contributed by atoms with Gasteiger partial charge in [0.1, 0.15) is 17.7 Å². The number of benzene rings is 1. The summed E-state index contributed by atoms with van der Waals surface area (Å²) in [5.74, 6) is -1.40. The van der Waals surface area contributed by atoms with Crippen LogP contribution in [0.4, 0.5) is 4.79 Å². The molecule has 0 saturated heterocycles. The standard InChI is InChI=1S/C27H44N4O5/c1-9-11-19(5)29-24(33)23(20-15-17(3)14-18(4)16-20)31(10-2)25(34)21(12-13-22(28)32)30-26(35)36-27(6,7)8/h14-16,19,21,23H,9-13H2,1-8H3,(H2,28,32)(H,29,33)(H,30,35). The molecular weight excluding hydrogens is 460 g/mol. The van der Waals surface area contributed by atoms with Gasteiger partial charge in [-0.15, -0.1) is 0 Å². The second-order valence-corrected chi connectivity index (χ2v) is 10.3. The highest BCUT2D eigenvalue weighted by molar-refractivity contribution is 5.92. The Kier molecular flexibility index (Phi) is 11.9. The highest BCUT2D eigenvalue weighted by Gasteiger charge is 2.36. The molecule has 0 bridgehead atoms. The lowest BCUT2D eigenvalue weighted by molar-refractivity contribution is -0.142. The predicted molar refractivity (Wildman–Crippen MR) is 140 cm³/mol. The Bertz CT molecular complexity index is 905. The van der Waals surface area contributed by atoms with Gasteiger partial charge in [0, 0.05) is 19.0 Å². The maximum atomic E-state index is 13.8. The molecule has 0 aliphatic heterocycles. The van der Waals surface area contributed by atoms with Crippen molar-refractivity contribution < 1.29 is 23.9 Å². The number of primary amides is 1. The summed E-state index contributed by atoms with van der Waals surface area (Å²) in [5, 5.41) is 5.61. The maximum absolute atomic E-state index is 13.8. The maximum Gasteiger partial charge on any atom is 0.408 e. The van der Waals surface area contributed by atoms with Crippen molar-refractivity contribution in [3.8, 4) is 0 Å². The zero-order valence-corrected chi connectivity index (χ0v) is 23.1. The summed E-state index contributed by atoms with van der Waals surface area (Å²) in [6, 6.07) is 3.68. The molecule has 1 rings (SSSR count). The first kappa shape index (κ1) is 30.9. The van der Waals surface area contributed by atoms with E-state index in [1.165, 1.54) is 4.90 Å². The van der Waals surface area contributed by atoms with Crippen LogP contribution in [0.1, 0.15) is 90.0 Å². The fourth-order valence-electron chi connectivity index (χ4n) is 4.13. The van der Waals surface area contributed by atoms with Gasteiger partial charge in [-0.2, -0.15) is 0 Å². The molecule has 0 spiro atoms. The van der Waals surface area contributed by atoms with Crippen LogP contribution >= 0.6 is 0 Å². The fraction of sp³-hybridized carbons (Fsp3) is 0.630. The van der Waals surface area contributed by atoms with E-state index in [4.69, 9.17) is 10.5 Å². The topological polar surface area (TPSA) is 131 Å². The van der Waals surface area contributed by atoms with Crippen molar-refractivity contribution in [3.05, 3.63) is 34.9 Å². The Morgan fingerprint density at radius 1 is 1.00 bits per heavy atom. The Labute approximate surface area is 215 Å². The highest BCUT2D eigenvalue weighted by atomic mass is 16.6. The minimum absolute atomic E-state index is 0.0165. The fourth-order valence-corrected chi connectivity index (χ4v) is 4.13. The molecule has 0 saturated carbocycles. The molecule has 0 heterocycles. The first-order valence-corrected chi connectivity index (χ1v) is 12.6. The van der Waals surface area contributed by atoms with Crippen LogP contribution in [0.25, 0.3) is 0 Å². The quantitative estimate of drug-likeness (QED) is 0.400. The molecule has 0 aliphatic carbocycles. The predicted octanol–water partition coefficient (Wildman–Crippen LogP) is 3.66. The smallest absolute Gasteiger partial charge is 0.408 e. The van der Waals surface area contributed by atoms with Crippen LogP contribution < -0.4 is 16.4 Å². The number of rotatable bonds is 12. The van der Waals surface area contributed by atoms with Crippen LogP contribution in [0.3, 0.4) is 0 Å². The summed E-state index contributed by atoms with van der Waals surface area (Å²) in [5.41, 5.74) is 7.15. The number of carbonyl (C=O) groups is 4. The average Bonchev–Trinajstić information content (AvgIpc) is 2.72. The molecule has 9 nitrogen and oxygen atoms in total. The molecule has 3 unspecified atom stereocenters. The molecule has 1 aromatic rings. The van der Waals surface area contributed by atoms with Crippen LogP contribution in [0.15, 0.2) is 18.2 Å². The number of amides is 4. The molecule has 9 heteroatoms. The summed E-state index contributed by atoms with van der Waals surface area (Å²) < 4.78 is 5.33. The Morgan fingerprint density at radius 2 is 1.58 bits per heavy atom. The lowest BCUT2D eigenvalue weighted by Crippen LogP contribution is -2.53. The summed E-state index contributed by atoms with van der Waals surface area (Å²) in [7, 11) is 0. The van der Waals surface area contributed by atoms with E-state index in [1.54, 1.807) is 27.7 Å². The molecule has 3 atom stereocenters.